The summed E-state index contributed by atoms with van der Waals surface area (Å²) in [6, 6.07) is 38.9. The highest BCUT2D eigenvalue weighted by atomic mass is 32.2. The molecule has 1 atom stereocenters. The molecular weight excluding hydrogens is 677 g/mol. The number of carbonyl (C=O) groups excluding carboxylic acids is 2. The molecule has 6 aromatic rings. The van der Waals surface area contributed by atoms with Crippen LogP contribution in [0.1, 0.15) is 39.3 Å². The van der Waals surface area contributed by atoms with Crippen LogP contribution in [0.2, 0.25) is 0 Å². The minimum absolute atomic E-state index is 0.0140. The molecule has 0 aliphatic heterocycles. The van der Waals surface area contributed by atoms with E-state index in [1.165, 1.54) is 23.5 Å². The number of carbonyl (C=O) groups is 2. The summed E-state index contributed by atoms with van der Waals surface area (Å²) in [5, 5.41) is 22.3. The van der Waals surface area contributed by atoms with E-state index in [2.05, 4.69) is 25.7 Å². The van der Waals surface area contributed by atoms with Gasteiger partial charge in [-0.25, -0.2) is 0 Å². The molecule has 0 fully saturated rings. The van der Waals surface area contributed by atoms with Gasteiger partial charge in [0.25, 0.3) is 0 Å². The van der Waals surface area contributed by atoms with Crippen LogP contribution in [-0.2, 0) is 16.0 Å². The number of amides is 2. The van der Waals surface area contributed by atoms with Gasteiger partial charge in [0.2, 0.25) is 11.8 Å². The van der Waals surface area contributed by atoms with E-state index < -0.39 is 5.25 Å². The van der Waals surface area contributed by atoms with Crippen molar-refractivity contribution in [2.24, 2.45) is 5.92 Å². The van der Waals surface area contributed by atoms with Gasteiger partial charge in [-0.15, -0.1) is 20.4 Å². The summed E-state index contributed by atoms with van der Waals surface area (Å²) in [5.74, 6) is 1.35. The van der Waals surface area contributed by atoms with E-state index in [1.54, 1.807) is 0 Å². The molecule has 10 nitrogen and oxygen atoms in total. The summed E-state index contributed by atoms with van der Waals surface area (Å²) in [7, 11) is 0. The molecule has 12 heteroatoms. The second kappa shape index (κ2) is 16.7. The number of aromatic nitrogens is 6. The third-order valence-electron chi connectivity index (χ3n) is 8.03. The number of anilines is 2. The molecule has 2 heterocycles. The highest BCUT2D eigenvalue weighted by Gasteiger charge is 2.29. The SMILES string of the molecule is CC(C)C(Sc1nnc(Cc2nnc(SCC(=O)N(c3ccccc3)C(C)C)n2-c2ccccc2)n1-c1ccccc1)C(=O)Nc1ccccc1. The van der Waals surface area contributed by atoms with Gasteiger partial charge in [-0.3, -0.25) is 18.7 Å². The van der Waals surface area contributed by atoms with Gasteiger partial charge in [-0.1, -0.05) is 110 Å². The second-order valence-corrected chi connectivity index (χ2v) is 14.5. The quantitative estimate of drug-likeness (QED) is 0.114. The minimum atomic E-state index is -0.431. The molecule has 4 aromatic carbocycles. The first kappa shape index (κ1) is 35.6. The van der Waals surface area contributed by atoms with Gasteiger partial charge in [0, 0.05) is 28.8 Å². The lowest BCUT2D eigenvalue weighted by atomic mass is 10.1. The number of nitrogens with zero attached hydrogens (tertiary/aromatic N) is 7. The molecule has 0 radical (unpaired) electrons. The fourth-order valence-corrected chi connectivity index (χ4v) is 7.57. The molecule has 1 unspecified atom stereocenters. The maximum absolute atomic E-state index is 13.6. The Hall–Kier alpha value is -5.20. The number of nitrogens with one attached hydrogen (secondary N) is 1. The zero-order valence-corrected chi connectivity index (χ0v) is 30.6. The van der Waals surface area contributed by atoms with E-state index in [0.29, 0.717) is 28.4 Å². The summed E-state index contributed by atoms with van der Waals surface area (Å²) in [6.07, 6.45) is 0.295. The van der Waals surface area contributed by atoms with Crippen LogP contribution in [-0.4, -0.2) is 58.4 Å². The van der Waals surface area contributed by atoms with Crippen molar-refractivity contribution >= 4 is 46.7 Å². The van der Waals surface area contributed by atoms with Crippen molar-refractivity contribution in [2.75, 3.05) is 16.0 Å². The molecule has 1 N–H and O–H groups in total. The standard InChI is InChI=1S/C39H40N8O2S2/c1-27(2)36(37(49)40-29-17-9-5-10-18-29)51-39-44-42-34(47(39)32-23-15-8-16-24-32)25-33-41-43-38(46(33)31-21-13-7-14-22-31)50-26-35(48)45(28(3)4)30-19-11-6-12-20-30/h5-24,27-28,36H,25-26H2,1-4H3,(H,40,49). The Morgan fingerprint density at radius 1 is 0.667 bits per heavy atom. The normalized spacial score (nSPS) is 11.9. The summed E-state index contributed by atoms with van der Waals surface area (Å²) in [5.41, 5.74) is 3.33. The molecule has 0 saturated heterocycles. The number of para-hydroxylation sites is 4. The Bertz CT molecular complexity index is 2040. The monoisotopic (exact) mass is 716 g/mol. The first-order chi connectivity index (χ1) is 24.8. The minimum Gasteiger partial charge on any atom is -0.325 e. The highest BCUT2D eigenvalue weighted by molar-refractivity contribution is 8.00. The molecule has 0 aliphatic rings. The molecule has 2 aromatic heterocycles. The first-order valence-corrected chi connectivity index (χ1v) is 18.7. The maximum Gasteiger partial charge on any atom is 0.238 e. The van der Waals surface area contributed by atoms with Crippen LogP contribution in [0.5, 0.6) is 0 Å². The second-order valence-electron chi connectivity index (χ2n) is 12.4. The Labute approximate surface area is 306 Å². The van der Waals surface area contributed by atoms with Crippen molar-refractivity contribution in [3.05, 3.63) is 133 Å². The lowest BCUT2D eigenvalue weighted by Gasteiger charge is -2.26. The van der Waals surface area contributed by atoms with Gasteiger partial charge in [0.05, 0.1) is 17.4 Å². The van der Waals surface area contributed by atoms with Crippen molar-refractivity contribution in [3.63, 3.8) is 0 Å². The van der Waals surface area contributed by atoms with E-state index in [1.807, 2.05) is 163 Å². The molecular formula is C39H40N8O2S2. The molecule has 2 amide bonds. The average Bonchev–Trinajstić information content (AvgIpc) is 3.74. The Morgan fingerprint density at radius 2 is 1.16 bits per heavy atom. The van der Waals surface area contributed by atoms with Gasteiger partial charge < -0.3 is 10.2 Å². The van der Waals surface area contributed by atoms with Crippen LogP contribution in [0.4, 0.5) is 11.4 Å². The number of hydrogen-bond donors (Lipinski definition) is 1. The highest BCUT2D eigenvalue weighted by Crippen LogP contribution is 2.32. The molecule has 0 bridgehead atoms. The molecule has 260 valence electrons. The fourth-order valence-electron chi connectivity index (χ4n) is 5.67. The van der Waals surface area contributed by atoms with Crippen molar-refractivity contribution in [2.45, 2.75) is 55.7 Å². The zero-order valence-electron chi connectivity index (χ0n) is 29.0. The van der Waals surface area contributed by atoms with E-state index in [4.69, 9.17) is 0 Å². The molecule has 6 rings (SSSR count). The summed E-state index contributed by atoms with van der Waals surface area (Å²) in [4.78, 5) is 28.9. The largest absolute Gasteiger partial charge is 0.325 e. The van der Waals surface area contributed by atoms with Crippen LogP contribution >= 0.6 is 23.5 Å². The van der Waals surface area contributed by atoms with E-state index in [9.17, 15) is 9.59 Å². The molecule has 0 saturated carbocycles. The molecule has 0 aliphatic carbocycles. The first-order valence-electron chi connectivity index (χ1n) is 16.8. The van der Waals surface area contributed by atoms with Gasteiger partial charge in [-0.05, 0) is 68.3 Å². The molecule has 51 heavy (non-hydrogen) atoms. The zero-order chi connectivity index (χ0) is 35.7. The summed E-state index contributed by atoms with van der Waals surface area (Å²) < 4.78 is 3.96. The summed E-state index contributed by atoms with van der Waals surface area (Å²) >= 11 is 2.74. The lowest BCUT2D eigenvalue weighted by molar-refractivity contribution is -0.117. The van der Waals surface area contributed by atoms with Crippen molar-refractivity contribution in [1.29, 1.82) is 0 Å². The van der Waals surface area contributed by atoms with E-state index >= 15 is 0 Å². The van der Waals surface area contributed by atoms with Crippen LogP contribution in [0, 0.1) is 5.92 Å². The number of thioether (sulfide) groups is 2. The van der Waals surface area contributed by atoms with Crippen molar-refractivity contribution in [1.82, 2.24) is 29.5 Å². The van der Waals surface area contributed by atoms with Crippen LogP contribution in [0.25, 0.3) is 11.4 Å². The number of hydrogen-bond acceptors (Lipinski definition) is 8. The van der Waals surface area contributed by atoms with Crippen molar-refractivity contribution < 1.29 is 9.59 Å². The Morgan fingerprint density at radius 3 is 1.69 bits per heavy atom. The predicted molar refractivity (Wildman–Crippen MR) is 205 cm³/mol. The third-order valence-corrected chi connectivity index (χ3v) is 10.4. The van der Waals surface area contributed by atoms with Gasteiger partial charge in [0.15, 0.2) is 10.3 Å². The molecule has 0 spiro atoms. The topological polar surface area (TPSA) is 111 Å². The van der Waals surface area contributed by atoms with E-state index in [-0.39, 0.29) is 29.5 Å². The number of rotatable bonds is 14. The van der Waals surface area contributed by atoms with Crippen molar-refractivity contribution in [3.8, 4) is 11.4 Å². The average molecular weight is 717 g/mol. The Kier molecular flexibility index (Phi) is 11.6. The van der Waals surface area contributed by atoms with Crippen LogP contribution in [0.15, 0.2) is 132 Å². The Balaban J connectivity index is 1.31. The van der Waals surface area contributed by atoms with Gasteiger partial charge >= 0.3 is 0 Å². The van der Waals surface area contributed by atoms with E-state index in [0.717, 1.165) is 22.7 Å². The predicted octanol–water partition coefficient (Wildman–Crippen LogP) is 7.73. The number of benzene rings is 4. The smallest absolute Gasteiger partial charge is 0.238 e. The fraction of sp³-hybridized carbons (Fsp3) is 0.231. The summed E-state index contributed by atoms with van der Waals surface area (Å²) in [6.45, 7) is 8.07. The van der Waals surface area contributed by atoms with Gasteiger partial charge in [-0.2, -0.15) is 0 Å². The van der Waals surface area contributed by atoms with Crippen LogP contribution < -0.4 is 10.2 Å². The van der Waals surface area contributed by atoms with Gasteiger partial charge in [0.1, 0.15) is 11.6 Å². The maximum atomic E-state index is 13.6. The third kappa shape index (κ3) is 8.58. The lowest BCUT2D eigenvalue weighted by Crippen LogP contribution is -2.38. The van der Waals surface area contributed by atoms with Crippen LogP contribution in [0.3, 0.4) is 0 Å².